The zero-order valence-corrected chi connectivity index (χ0v) is 11.4. The first-order valence-electron chi connectivity index (χ1n) is 6.22. The normalized spacial score (nSPS) is 29.5. The van der Waals surface area contributed by atoms with E-state index in [0.29, 0.717) is 25.6 Å². The van der Waals surface area contributed by atoms with Crippen molar-refractivity contribution in [1.29, 1.82) is 0 Å². The van der Waals surface area contributed by atoms with E-state index in [1.54, 1.807) is 0 Å². The van der Waals surface area contributed by atoms with Crippen molar-refractivity contribution >= 4 is 10.0 Å². The van der Waals surface area contributed by atoms with Crippen LogP contribution < -0.4 is 5.73 Å². The standard InChI is InChI=1S/C11H22N2O3S/c1-9(2)11(12)7-13(8-11)17(14,15)6-10-4-3-5-16-10/h9-10H,3-8,12H2,1-2H3. The highest BCUT2D eigenvalue weighted by Gasteiger charge is 2.47. The SMILES string of the molecule is CC(C)C1(N)CN(S(=O)(=O)CC2CCCO2)C1. The molecule has 0 amide bonds. The topological polar surface area (TPSA) is 72.6 Å². The molecule has 100 valence electrons. The van der Waals surface area contributed by atoms with Gasteiger partial charge in [0.25, 0.3) is 0 Å². The number of ether oxygens (including phenoxy) is 1. The molecule has 2 fully saturated rings. The Kier molecular flexibility index (Phi) is 3.51. The Hall–Kier alpha value is -0.170. The zero-order chi connectivity index (χ0) is 12.7. The van der Waals surface area contributed by atoms with E-state index in [1.807, 2.05) is 13.8 Å². The van der Waals surface area contributed by atoms with Crippen molar-refractivity contribution in [2.75, 3.05) is 25.4 Å². The molecule has 2 N–H and O–H groups in total. The second-order valence-corrected chi connectivity index (χ2v) is 7.58. The Morgan fingerprint density at radius 2 is 2.12 bits per heavy atom. The summed E-state index contributed by atoms with van der Waals surface area (Å²) in [6.07, 6.45) is 1.70. The van der Waals surface area contributed by atoms with Crippen LogP contribution in [0.4, 0.5) is 0 Å². The lowest BCUT2D eigenvalue weighted by Crippen LogP contribution is -2.71. The summed E-state index contributed by atoms with van der Waals surface area (Å²) in [5.41, 5.74) is 5.76. The predicted octanol–water partition coefficient (Wildman–Crippen LogP) is 0.164. The molecule has 0 radical (unpaired) electrons. The minimum atomic E-state index is -3.18. The van der Waals surface area contributed by atoms with Crippen LogP contribution in [-0.2, 0) is 14.8 Å². The molecule has 0 aromatic heterocycles. The van der Waals surface area contributed by atoms with Gasteiger partial charge in [-0.2, -0.15) is 4.31 Å². The van der Waals surface area contributed by atoms with Gasteiger partial charge in [-0.1, -0.05) is 13.8 Å². The van der Waals surface area contributed by atoms with Crippen LogP contribution in [0.1, 0.15) is 26.7 Å². The molecular formula is C11H22N2O3S. The summed E-state index contributed by atoms with van der Waals surface area (Å²) in [6.45, 7) is 5.64. The van der Waals surface area contributed by atoms with Gasteiger partial charge in [-0.3, -0.25) is 0 Å². The number of sulfonamides is 1. The van der Waals surface area contributed by atoms with Gasteiger partial charge in [-0.15, -0.1) is 0 Å². The average molecular weight is 262 g/mol. The fourth-order valence-corrected chi connectivity index (χ4v) is 4.11. The average Bonchev–Trinajstić information content (AvgIpc) is 2.64. The van der Waals surface area contributed by atoms with Gasteiger partial charge in [0, 0.05) is 25.2 Å². The van der Waals surface area contributed by atoms with Crippen LogP contribution in [0.25, 0.3) is 0 Å². The van der Waals surface area contributed by atoms with Gasteiger partial charge < -0.3 is 10.5 Å². The van der Waals surface area contributed by atoms with Gasteiger partial charge in [0.05, 0.1) is 11.9 Å². The zero-order valence-electron chi connectivity index (χ0n) is 10.6. The minimum absolute atomic E-state index is 0.112. The molecule has 0 spiro atoms. The van der Waals surface area contributed by atoms with Gasteiger partial charge in [-0.25, -0.2) is 8.42 Å². The summed E-state index contributed by atoms with van der Waals surface area (Å²) < 4.78 is 31.0. The van der Waals surface area contributed by atoms with E-state index in [0.717, 1.165) is 12.8 Å². The van der Waals surface area contributed by atoms with Gasteiger partial charge in [-0.05, 0) is 18.8 Å². The maximum Gasteiger partial charge on any atom is 0.216 e. The lowest BCUT2D eigenvalue weighted by Gasteiger charge is -2.49. The van der Waals surface area contributed by atoms with Gasteiger partial charge in [0.15, 0.2) is 0 Å². The van der Waals surface area contributed by atoms with Crippen LogP contribution in [0.2, 0.25) is 0 Å². The quantitative estimate of drug-likeness (QED) is 0.783. The molecule has 1 atom stereocenters. The fourth-order valence-electron chi connectivity index (χ4n) is 2.29. The summed E-state index contributed by atoms with van der Waals surface area (Å²) in [6, 6.07) is 0. The molecule has 0 aromatic rings. The van der Waals surface area contributed by atoms with Crippen LogP contribution in [0.3, 0.4) is 0 Å². The smallest absolute Gasteiger partial charge is 0.216 e. The molecule has 5 nitrogen and oxygen atoms in total. The summed E-state index contributed by atoms with van der Waals surface area (Å²) in [5.74, 6) is 0.415. The fraction of sp³-hybridized carbons (Fsp3) is 1.00. The highest BCUT2D eigenvalue weighted by atomic mass is 32.2. The first-order valence-corrected chi connectivity index (χ1v) is 7.83. The van der Waals surface area contributed by atoms with E-state index in [9.17, 15) is 8.42 Å². The number of hydrogen-bond acceptors (Lipinski definition) is 4. The Balaban J connectivity index is 1.91. The molecule has 0 saturated carbocycles. The van der Waals surface area contributed by atoms with Crippen LogP contribution in [0.15, 0.2) is 0 Å². The molecular weight excluding hydrogens is 240 g/mol. The van der Waals surface area contributed by atoms with E-state index >= 15 is 0 Å². The predicted molar refractivity (Wildman–Crippen MR) is 66.1 cm³/mol. The summed E-state index contributed by atoms with van der Waals surface area (Å²) in [7, 11) is -3.18. The lowest BCUT2D eigenvalue weighted by molar-refractivity contribution is 0.102. The first-order chi connectivity index (χ1) is 7.83. The Bertz CT molecular complexity index is 368. The van der Waals surface area contributed by atoms with E-state index in [4.69, 9.17) is 10.5 Å². The van der Waals surface area contributed by atoms with Crippen molar-refractivity contribution in [1.82, 2.24) is 4.31 Å². The minimum Gasteiger partial charge on any atom is -0.377 e. The third-order valence-corrected chi connectivity index (χ3v) is 5.74. The summed E-state index contributed by atoms with van der Waals surface area (Å²) in [5, 5.41) is 0. The van der Waals surface area contributed by atoms with Crippen molar-refractivity contribution in [3.63, 3.8) is 0 Å². The van der Waals surface area contributed by atoms with Crippen molar-refractivity contribution in [2.45, 2.75) is 38.3 Å². The van der Waals surface area contributed by atoms with Gasteiger partial charge in [0.2, 0.25) is 10.0 Å². The van der Waals surface area contributed by atoms with Crippen LogP contribution in [0, 0.1) is 5.92 Å². The number of nitrogens with two attached hydrogens (primary N) is 1. The van der Waals surface area contributed by atoms with Gasteiger partial charge in [0.1, 0.15) is 0 Å². The third-order valence-electron chi connectivity index (χ3n) is 3.91. The molecule has 17 heavy (non-hydrogen) atoms. The molecule has 2 rings (SSSR count). The van der Waals surface area contributed by atoms with Crippen LogP contribution >= 0.6 is 0 Å². The highest BCUT2D eigenvalue weighted by molar-refractivity contribution is 7.89. The summed E-state index contributed by atoms with van der Waals surface area (Å²) >= 11 is 0. The Morgan fingerprint density at radius 1 is 1.47 bits per heavy atom. The van der Waals surface area contributed by atoms with Crippen LogP contribution in [-0.4, -0.2) is 49.8 Å². The molecule has 6 heteroatoms. The second-order valence-electron chi connectivity index (χ2n) is 5.57. The molecule has 0 bridgehead atoms. The Morgan fingerprint density at radius 3 is 2.59 bits per heavy atom. The molecule has 1 unspecified atom stereocenters. The second kappa shape index (κ2) is 4.50. The molecule has 2 aliphatic rings. The monoisotopic (exact) mass is 262 g/mol. The largest absolute Gasteiger partial charge is 0.377 e. The third kappa shape index (κ3) is 2.65. The van der Waals surface area contributed by atoms with E-state index in [-0.39, 0.29) is 17.4 Å². The van der Waals surface area contributed by atoms with E-state index in [1.165, 1.54) is 4.31 Å². The van der Waals surface area contributed by atoms with E-state index in [2.05, 4.69) is 0 Å². The number of rotatable bonds is 4. The van der Waals surface area contributed by atoms with Gasteiger partial charge >= 0.3 is 0 Å². The van der Waals surface area contributed by atoms with Crippen molar-refractivity contribution in [3.8, 4) is 0 Å². The van der Waals surface area contributed by atoms with Crippen molar-refractivity contribution in [2.24, 2.45) is 11.7 Å². The maximum absolute atomic E-state index is 12.1. The maximum atomic E-state index is 12.1. The first kappa shape index (κ1) is 13.3. The number of hydrogen-bond donors (Lipinski definition) is 1. The van der Waals surface area contributed by atoms with Crippen LogP contribution in [0.5, 0.6) is 0 Å². The molecule has 2 saturated heterocycles. The molecule has 2 heterocycles. The number of nitrogens with zero attached hydrogens (tertiary/aromatic N) is 1. The summed E-state index contributed by atoms with van der Waals surface area (Å²) in [4.78, 5) is 0. The molecule has 0 aromatic carbocycles. The van der Waals surface area contributed by atoms with Crippen molar-refractivity contribution < 1.29 is 13.2 Å². The molecule has 2 aliphatic heterocycles. The Labute approximate surface area is 103 Å². The highest BCUT2D eigenvalue weighted by Crippen LogP contribution is 2.29. The van der Waals surface area contributed by atoms with E-state index < -0.39 is 10.0 Å². The molecule has 0 aliphatic carbocycles. The van der Waals surface area contributed by atoms with Crippen molar-refractivity contribution in [3.05, 3.63) is 0 Å². The lowest BCUT2D eigenvalue weighted by atomic mass is 9.82.